The minimum absolute atomic E-state index is 0.267. The number of carbonyl (C=O) groups excluding carboxylic acids is 2. The highest BCUT2D eigenvalue weighted by Crippen LogP contribution is 2.24. The molecule has 162 valence electrons. The summed E-state index contributed by atoms with van der Waals surface area (Å²) in [4.78, 5) is 40.9. The monoisotopic (exact) mass is 467 g/mol. The minimum atomic E-state index is -1.02. The Morgan fingerprint density at radius 1 is 1.09 bits per heavy atom. The molecule has 32 heavy (non-hydrogen) atoms. The smallest absolute Gasteiger partial charge is 0.338 e. The summed E-state index contributed by atoms with van der Waals surface area (Å²) in [5, 5.41) is 3.32. The lowest BCUT2D eigenvalue weighted by atomic mass is 10.1. The molecular weight excluding hydrogens is 450 g/mol. The molecule has 0 saturated carbocycles. The Balaban J connectivity index is 1.32. The largest absolute Gasteiger partial charge is 0.449 e. The molecule has 0 aliphatic heterocycles. The molecule has 2 aromatic heterocycles. The Hall–Kier alpha value is -3.43. The molecule has 0 saturated heterocycles. The van der Waals surface area contributed by atoms with Crippen molar-refractivity contribution in [2.24, 2.45) is 0 Å². The molecule has 2 N–H and O–H groups in total. The van der Waals surface area contributed by atoms with Crippen molar-refractivity contribution in [1.29, 1.82) is 0 Å². The Labute approximate surface area is 192 Å². The standard InChI is InChI=1S/C22H18ClN5O3S/c1-13(21(29)28-20-18-19(25-11-24-18)26-12-27-20)31-22(30)15-4-2-14(3-5-15)10-32-17-8-6-16(23)7-9-17/h2-9,11-13H,10H2,1H3,(H2,24,25,26,27,28,29)/t13-/m1/s1. The van der Waals surface area contributed by atoms with E-state index >= 15 is 0 Å². The Bertz CT molecular complexity index is 1240. The average molecular weight is 468 g/mol. The van der Waals surface area contributed by atoms with Gasteiger partial charge in [0.2, 0.25) is 0 Å². The molecule has 2 aromatic carbocycles. The van der Waals surface area contributed by atoms with E-state index in [1.165, 1.54) is 19.6 Å². The van der Waals surface area contributed by atoms with Gasteiger partial charge in [-0.15, -0.1) is 11.8 Å². The lowest BCUT2D eigenvalue weighted by molar-refractivity contribution is -0.123. The summed E-state index contributed by atoms with van der Waals surface area (Å²) in [7, 11) is 0. The minimum Gasteiger partial charge on any atom is -0.449 e. The summed E-state index contributed by atoms with van der Waals surface area (Å²) >= 11 is 7.57. The molecular formula is C22H18ClN5O3S. The van der Waals surface area contributed by atoms with Crippen molar-refractivity contribution >= 4 is 52.2 Å². The summed E-state index contributed by atoms with van der Waals surface area (Å²) < 4.78 is 5.31. The van der Waals surface area contributed by atoms with Gasteiger partial charge in [-0.25, -0.2) is 19.7 Å². The van der Waals surface area contributed by atoms with Gasteiger partial charge in [0.05, 0.1) is 11.9 Å². The molecule has 0 bridgehead atoms. The summed E-state index contributed by atoms with van der Waals surface area (Å²) in [6.45, 7) is 1.50. The van der Waals surface area contributed by atoms with Crippen LogP contribution in [0, 0.1) is 0 Å². The number of carbonyl (C=O) groups is 2. The highest BCUT2D eigenvalue weighted by molar-refractivity contribution is 7.98. The van der Waals surface area contributed by atoms with Crippen molar-refractivity contribution in [3.63, 3.8) is 0 Å². The number of anilines is 1. The molecule has 0 aliphatic carbocycles. The number of fused-ring (bicyclic) bond motifs is 1. The fourth-order valence-electron chi connectivity index (χ4n) is 2.79. The molecule has 10 heteroatoms. The van der Waals surface area contributed by atoms with Crippen LogP contribution in [0.15, 0.2) is 66.1 Å². The average Bonchev–Trinajstić information content (AvgIpc) is 3.29. The normalized spacial score (nSPS) is 11.8. The number of thioether (sulfide) groups is 1. The van der Waals surface area contributed by atoms with Crippen LogP contribution in [0.25, 0.3) is 11.2 Å². The number of nitrogens with zero attached hydrogens (tertiary/aromatic N) is 3. The van der Waals surface area contributed by atoms with Crippen LogP contribution >= 0.6 is 23.4 Å². The molecule has 0 spiro atoms. The number of ether oxygens (including phenoxy) is 1. The van der Waals surface area contributed by atoms with E-state index in [1.54, 1.807) is 23.9 Å². The van der Waals surface area contributed by atoms with E-state index < -0.39 is 18.0 Å². The highest BCUT2D eigenvalue weighted by Gasteiger charge is 2.20. The predicted molar refractivity (Wildman–Crippen MR) is 123 cm³/mol. The third-order valence-corrected chi connectivity index (χ3v) is 5.86. The fourth-order valence-corrected chi connectivity index (χ4v) is 3.78. The fraction of sp³-hybridized carbons (Fsp3) is 0.136. The molecule has 4 aromatic rings. The summed E-state index contributed by atoms with van der Waals surface area (Å²) in [6.07, 6.45) is 1.73. The molecule has 2 heterocycles. The van der Waals surface area contributed by atoms with E-state index in [1.807, 2.05) is 36.4 Å². The highest BCUT2D eigenvalue weighted by atomic mass is 35.5. The maximum Gasteiger partial charge on any atom is 0.338 e. The van der Waals surface area contributed by atoms with E-state index in [0.29, 0.717) is 21.7 Å². The van der Waals surface area contributed by atoms with Crippen LogP contribution in [0.3, 0.4) is 0 Å². The summed E-state index contributed by atoms with van der Waals surface area (Å²) in [6, 6.07) is 14.7. The Morgan fingerprint density at radius 3 is 2.59 bits per heavy atom. The number of halogens is 1. The van der Waals surface area contributed by atoms with E-state index in [2.05, 4.69) is 25.3 Å². The lowest BCUT2D eigenvalue weighted by Crippen LogP contribution is -2.30. The topological polar surface area (TPSA) is 110 Å². The van der Waals surface area contributed by atoms with Gasteiger partial charge in [-0.3, -0.25) is 4.79 Å². The predicted octanol–water partition coefficient (Wildman–Crippen LogP) is 4.48. The van der Waals surface area contributed by atoms with E-state index in [-0.39, 0.29) is 5.82 Å². The second-order valence-corrected chi connectivity index (χ2v) is 8.28. The number of hydrogen-bond acceptors (Lipinski definition) is 7. The van der Waals surface area contributed by atoms with Gasteiger partial charge in [-0.05, 0) is 48.9 Å². The van der Waals surface area contributed by atoms with Gasteiger partial charge in [0.15, 0.2) is 17.6 Å². The molecule has 0 fully saturated rings. The van der Waals surface area contributed by atoms with Crippen LogP contribution in [0.4, 0.5) is 5.82 Å². The van der Waals surface area contributed by atoms with Crippen LogP contribution in [0.1, 0.15) is 22.8 Å². The SMILES string of the molecule is C[C@@H](OC(=O)c1ccc(CSc2ccc(Cl)cc2)cc1)C(=O)Nc1ncnc2nc[nH]c12. The first-order chi connectivity index (χ1) is 15.5. The van der Waals surface area contributed by atoms with E-state index in [0.717, 1.165) is 16.2 Å². The zero-order valence-electron chi connectivity index (χ0n) is 16.9. The Kier molecular flexibility index (Phi) is 6.67. The van der Waals surface area contributed by atoms with Gasteiger partial charge in [-0.1, -0.05) is 23.7 Å². The Morgan fingerprint density at radius 2 is 1.84 bits per heavy atom. The number of imidazole rings is 1. The number of esters is 1. The number of benzene rings is 2. The number of amides is 1. The quantitative estimate of drug-likeness (QED) is 0.304. The third-order valence-electron chi connectivity index (χ3n) is 4.53. The van der Waals surface area contributed by atoms with E-state index in [9.17, 15) is 9.59 Å². The van der Waals surface area contributed by atoms with Crippen LogP contribution in [-0.2, 0) is 15.3 Å². The number of aromatic amines is 1. The summed E-state index contributed by atoms with van der Waals surface area (Å²) in [5.41, 5.74) is 2.34. The van der Waals surface area contributed by atoms with Crippen molar-refractivity contribution < 1.29 is 14.3 Å². The van der Waals surface area contributed by atoms with Crippen molar-refractivity contribution in [3.05, 3.63) is 77.3 Å². The van der Waals surface area contributed by atoms with Gasteiger partial charge in [-0.2, -0.15) is 0 Å². The first kappa shape index (κ1) is 21.8. The number of H-pyrrole nitrogens is 1. The number of aromatic nitrogens is 4. The molecule has 1 atom stereocenters. The van der Waals surface area contributed by atoms with Gasteiger partial charge in [0.1, 0.15) is 11.8 Å². The molecule has 0 radical (unpaired) electrons. The van der Waals surface area contributed by atoms with Crippen LogP contribution in [0.5, 0.6) is 0 Å². The molecule has 8 nitrogen and oxygen atoms in total. The zero-order valence-corrected chi connectivity index (χ0v) is 18.5. The second kappa shape index (κ2) is 9.80. The van der Waals surface area contributed by atoms with Crippen LogP contribution < -0.4 is 5.32 Å². The molecule has 4 rings (SSSR count). The number of nitrogens with one attached hydrogen (secondary N) is 2. The second-order valence-electron chi connectivity index (χ2n) is 6.80. The maximum atomic E-state index is 12.4. The third kappa shape index (κ3) is 5.24. The van der Waals surface area contributed by atoms with Gasteiger partial charge < -0.3 is 15.0 Å². The van der Waals surface area contributed by atoms with Crippen LogP contribution in [-0.4, -0.2) is 37.9 Å². The lowest BCUT2D eigenvalue weighted by Gasteiger charge is -2.13. The van der Waals surface area contributed by atoms with Crippen molar-refractivity contribution in [1.82, 2.24) is 19.9 Å². The molecule has 1 amide bonds. The van der Waals surface area contributed by atoms with Crippen molar-refractivity contribution in [2.45, 2.75) is 23.7 Å². The van der Waals surface area contributed by atoms with Gasteiger partial charge >= 0.3 is 5.97 Å². The number of rotatable bonds is 7. The van der Waals surface area contributed by atoms with Crippen LogP contribution in [0.2, 0.25) is 5.02 Å². The van der Waals surface area contributed by atoms with Crippen molar-refractivity contribution in [3.8, 4) is 0 Å². The zero-order chi connectivity index (χ0) is 22.5. The van der Waals surface area contributed by atoms with Crippen molar-refractivity contribution in [2.75, 3.05) is 5.32 Å². The van der Waals surface area contributed by atoms with Gasteiger partial charge in [0, 0.05) is 15.7 Å². The molecule has 0 unspecified atom stereocenters. The first-order valence-corrected chi connectivity index (χ1v) is 11.0. The van der Waals surface area contributed by atoms with Gasteiger partial charge in [0.25, 0.3) is 5.91 Å². The maximum absolute atomic E-state index is 12.4. The first-order valence-electron chi connectivity index (χ1n) is 9.63. The molecule has 0 aliphatic rings. The summed E-state index contributed by atoms with van der Waals surface area (Å²) in [5.74, 6) is -0.0812. The number of hydrogen-bond donors (Lipinski definition) is 2. The van der Waals surface area contributed by atoms with E-state index in [4.69, 9.17) is 16.3 Å².